The molecule has 1 fully saturated rings. The van der Waals surface area contributed by atoms with Crippen molar-refractivity contribution in [3.63, 3.8) is 0 Å². The molecule has 1 atom stereocenters. The zero-order valence-corrected chi connectivity index (χ0v) is 11.5. The predicted molar refractivity (Wildman–Crippen MR) is 69.9 cm³/mol. The highest BCUT2D eigenvalue weighted by Gasteiger charge is 2.22. The number of anilines is 1. The number of urea groups is 1. The highest BCUT2D eigenvalue weighted by molar-refractivity contribution is 7.15. The molecule has 1 unspecified atom stereocenters. The molecule has 1 aromatic rings. The number of aryl methyl sites for hydroxylation is 1. The van der Waals surface area contributed by atoms with Gasteiger partial charge in [0.2, 0.25) is 5.13 Å². The Labute approximate surface area is 110 Å². The van der Waals surface area contributed by atoms with E-state index in [0.29, 0.717) is 24.8 Å². The number of ether oxygens (including phenoxy) is 1. The molecular formula is C11H18N4O2S. The third kappa shape index (κ3) is 3.39. The normalized spacial score (nSPS) is 19.9. The Hall–Kier alpha value is -1.21. The number of amides is 2. The monoisotopic (exact) mass is 270 g/mol. The topological polar surface area (TPSA) is 67.4 Å². The van der Waals surface area contributed by atoms with E-state index >= 15 is 0 Å². The second-order valence-corrected chi connectivity index (χ2v) is 5.37. The van der Waals surface area contributed by atoms with Crippen LogP contribution in [-0.2, 0) is 11.2 Å². The minimum absolute atomic E-state index is 0.0922. The van der Waals surface area contributed by atoms with Crippen molar-refractivity contribution in [2.24, 2.45) is 0 Å². The van der Waals surface area contributed by atoms with Crippen molar-refractivity contribution in [3.05, 3.63) is 5.01 Å². The van der Waals surface area contributed by atoms with Gasteiger partial charge in [-0.15, -0.1) is 10.2 Å². The Balaban J connectivity index is 1.89. The summed E-state index contributed by atoms with van der Waals surface area (Å²) < 4.78 is 5.40. The quantitative estimate of drug-likeness (QED) is 0.908. The Morgan fingerprint density at radius 3 is 3.17 bits per heavy atom. The number of hydrogen-bond donors (Lipinski definition) is 1. The maximum atomic E-state index is 12.0. The van der Waals surface area contributed by atoms with E-state index in [1.54, 1.807) is 4.90 Å². The highest BCUT2D eigenvalue weighted by Crippen LogP contribution is 2.17. The molecule has 2 heterocycles. The number of hydrogen-bond acceptors (Lipinski definition) is 5. The minimum atomic E-state index is -0.121. The van der Waals surface area contributed by atoms with Crippen molar-refractivity contribution >= 4 is 22.5 Å². The maximum absolute atomic E-state index is 12.0. The smallest absolute Gasteiger partial charge is 0.323 e. The van der Waals surface area contributed by atoms with Gasteiger partial charge >= 0.3 is 6.03 Å². The molecule has 18 heavy (non-hydrogen) atoms. The van der Waals surface area contributed by atoms with E-state index in [1.165, 1.54) is 11.3 Å². The number of nitrogens with one attached hydrogen (secondary N) is 1. The molecule has 0 radical (unpaired) electrons. The minimum Gasteiger partial charge on any atom is -0.375 e. The number of carbonyl (C=O) groups is 1. The SMILES string of the molecule is CCCc1nnc(NC(=O)N2CCOC(C)C2)s1. The number of morpholine rings is 1. The average molecular weight is 270 g/mol. The van der Waals surface area contributed by atoms with Crippen LogP contribution in [0, 0.1) is 0 Å². The van der Waals surface area contributed by atoms with Crippen LogP contribution >= 0.6 is 11.3 Å². The number of rotatable bonds is 3. The Kier molecular flexibility index (Phi) is 4.48. The molecule has 2 rings (SSSR count). The van der Waals surface area contributed by atoms with Crippen molar-refractivity contribution in [1.82, 2.24) is 15.1 Å². The van der Waals surface area contributed by atoms with E-state index in [9.17, 15) is 4.79 Å². The summed E-state index contributed by atoms with van der Waals surface area (Å²) in [6.45, 7) is 5.88. The summed E-state index contributed by atoms with van der Waals surface area (Å²) in [7, 11) is 0. The summed E-state index contributed by atoms with van der Waals surface area (Å²) in [5, 5.41) is 12.3. The first-order valence-corrected chi connectivity index (χ1v) is 7.00. The van der Waals surface area contributed by atoms with Gasteiger partial charge in [0.25, 0.3) is 0 Å². The summed E-state index contributed by atoms with van der Waals surface area (Å²) in [4.78, 5) is 13.7. The van der Waals surface area contributed by atoms with Crippen LogP contribution in [-0.4, -0.2) is 46.9 Å². The summed E-state index contributed by atoms with van der Waals surface area (Å²) in [5.41, 5.74) is 0. The molecular weight excluding hydrogens is 252 g/mol. The van der Waals surface area contributed by atoms with Gasteiger partial charge in [0.05, 0.1) is 12.7 Å². The third-order valence-electron chi connectivity index (χ3n) is 2.67. The van der Waals surface area contributed by atoms with Crippen molar-refractivity contribution in [2.75, 3.05) is 25.0 Å². The lowest BCUT2D eigenvalue weighted by Gasteiger charge is -2.30. The van der Waals surface area contributed by atoms with Crippen LogP contribution in [0.5, 0.6) is 0 Å². The molecule has 7 heteroatoms. The summed E-state index contributed by atoms with van der Waals surface area (Å²) in [5.74, 6) is 0. The summed E-state index contributed by atoms with van der Waals surface area (Å²) >= 11 is 1.44. The van der Waals surface area contributed by atoms with E-state index in [-0.39, 0.29) is 12.1 Å². The van der Waals surface area contributed by atoms with Crippen molar-refractivity contribution in [1.29, 1.82) is 0 Å². The molecule has 6 nitrogen and oxygen atoms in total. The van der Waals surface area contributed by atoms with Crippen LogP contribution < -0.4 is 5.32 Å². The molecule has 1 aliphatic heterocycles. The van der Waals surface area contributed by atoms with E-state index < -0.39 is 0 Å². The fourth-order valence-electron chi connectivity index (χ4n) is 1.79. The fraction of sp³-hybridized carbons (Fsp3) is 0.727. The Morgan fingerprint density at radius 2 is 2.44 bits per heavy atom. The van der Waals surface area contributed by atoms with Gasteiger partial charge < -0.3 is 9.64 Å². The molecule has 1 aliphatic rings. The van der Waals surface area contributed by atoms with Gasteiger partial charge in [0.1, 0.15) is 5.01 Å². The standard InChI is InChI=1S/C11H18N4O2S/c1-3-4-9-13-14-10(18-9)12-11(16)15-5-6-17-8(2)7-15/h8H,3-7H2,1-2H3,(H,12,14,16). The largest absolute Gasteiger partial charge is 0.375 e. The number of carbonyl (C=O) groups excluding carboxylic acids is 1. The van der Waals surface area contributed by atoms with Crippen LogP contribution in [0.15, 0.2) is 0 Å². The first kappa shape index (κ1) is 13.2. The van der Waals surface area contributed by atoms with Crippen LogP contribution in [0.3, 0.4) is 0 Å². The van der Waals surface area contributed by atoms with E-state index in [0.717, 1.165) is 17.8 Å². The lowest BCUT2D eigenvalue weighted by atomic mass is 10.3. The van der Waals surface area contributed by atoms with Gasteiger partial charge in [0.15, 0.2) is 0 Å². The summed E-state index contributed by atoms with van der Waals surface area (Å²) in [6.07, 6.45) is 2.03. The van der Waals surface area contributed by atoms with E-state index in [4.69, 9.17) is 4.74 Å². The first-order valence-electron chi connectivity index (χ1n) is 6.19. The van der Waals surface area contributed by atoms with Crippen molar-refractivity contribution in [2.45, 2.75) is 32.8 Å². The maximum Gasteiger partial charge on any atom is 0.323 e. The van der Waals surface area contributed by atoms with Gasteiger partial charge in [-0.3, -0.25) is 5.32 Å². The van der Waals surface area contributed by atoms with Crippen LogP contribution in [0.2, 0.25) is 0 Å². The molecule has 0 aromatic carbocycles. The second kappa shape index (κ2) is 6.10. The van der Waals surface area contributed by atoms with Crippen LogP contribution in [0.1, 0.15) is 25.3 Å². The second-order valence-electron chi connectivity index (χ2n) is 4.31. The van der Waals surface area contributed by atoms with Gasteiger partial charge in [-0.25, -0.2) is 4.79 Å². The third-order valence-corrected chi connectivity index (χ3v) is 3.57. The van der Waals surface area contributed by atoms with Crippen molar-refractivity contribution in [3.8, 4) is 0 Å². The Morgan fingerprint density at radius 1 is 1.61 bits per heavy atom. The zero-order chi connectivity index (χ0) is 13.0. The lowest BCUT2D eigenvalue weighted by Crippen LogP contribution is -2.46. The van der Waals surface area contributed by atoms with Crippen LogP contribution in [0.25, 0.3) is 0 Å². The molecule has 0 saturated carbocycles. The average Bonchev–Trinajstić information content (AvgIpc) is 2.77. The number of aromatic nitrogens is 2. The Bertz CT molecular complexity index is 410. The molecule has 1 aromatic heterocycles. The molecule has 0 spiro atoms. The molecule has 0 bridgehead atoms. The molecule has 1 N–H and O–H groups in total. The van der Waals surface area contributed by atoms with E-state index in [1.807, 2.05) is 6.92 Å². The molecule has 1 saturated heterocycles. The van der Waals surface area contributed by atoms with Gasteiger partial charge in [-0.1, -0.05) is 18.3 Å². The molecule has 0 aliphatic carbocycles. The fourth-order valence-corrected chi connectivity index (χ4v) is 2.62. The molecule has 2 amide bonds. The predicted octanol–water partition coefficient (Wildman–Crippen LogP) is 1.74. The zero-order valence-electron chi connectivity index (χ0n) is 10.7. The number of nitrogens with zero attached hydrogens (tertiary/aromatic N) is 3. The molecule has 100 valence electrons. The highest BCUT2D eigenvalue weighted by atomic mass is 32.1. The summed E-state index contributed by atoms with van der Waals surface area (Å²) in [6, 6.07) is -0.121. The van der Waals surface area contributed by atoms with Gasteiger partial charge in [0, 0.05) is 19.5 Å². The van der Waals surface area contributed by atoms with Crippen LogP contribution in [0.4, 0.5) is 9.93 Å². The van der Waals surface area contributed by atoms with Crippen molar-refractivity contribution < 1.29 is 9.53 Å². The first-order chi connectivity index (χ1) is 8.69. The van der Waals surface area contributed by atoms with Gasteiger partial charge in [-0.05, 0) is 13.3 Å². The van der Waals surface area contributed by atoms with Gasteiger partial charge in [-0.2, -0.15) is 0 Å². The lowest BCUT2D eigenvalue weighted by molar-refractivity contribution is -0.00138. The van der Waals surface area contributed by atoms with E-state index in [2.05, 4.69) is 22.4 Å².